The first kappa shape index (κ1) is 23.6. The summed E-state index contributed by atoms with van der Waals surface area (Å²) < 4.78 is 0. The molecule has 0 N–H and O–H groups in total. The van der Waals surface area contributed by atoms with Gasteiger partial charge in [-0.05, 0) is 68.1 Å². The van der Waals surface area contributed by atoms with Crippen LogP contribution in [0.1, 0.15) is 99.0 Å². The minimum atomic E-state index is -0.286. The number of fused-ring (bicyclic) bond motifs is 1. The van der Waals surface area contributed by atoms with Crippen LogP contribution in [0.3, 0.4) is 0 Å². The number of likely N-dealkylation sites (tertiary alicyclic amines) is 1. The number of carbonyl (C=O) groups is 3. The number of carbonyl (C=O) groups excluding carboxylic acids is 3. The molecule has 0 aromatic heterocycles. The Morgan fingerprint density at radius 2 is 1.71 bits per heavy atom. The molecule has 4 aliphatic rings. The summed E-state index contributed by atoms with van der Waals surface area (Å²) in [7, 11) is 0. The second-order valence-corrected chi connectivity index (χ2v) is 11.4. The highest BCUT2D eigenvalue weighted by Gasteiger charge is 2.41. The number of piperidine rings is 1. The molecule has 1 unspecified atom stereocenters. The van der Waals surface area contributed by atoms with Gasteiger partial charge in [-0.25, -0.2) is 0 Å². The number of hydrogen-bond acceptors (Lipinski definition) is 3. The highest BCUT2D eigenvalue weighted by molar-refractivity contribution is 6.00. The second-order valence-electron chi connectivity index (χ2n) is 11.4. The van der Waals surface area contributed by atoms with Crippen molar-refractivity contribution in [2.45, 2.75) is 90.0 Å². The van der Waals surface area contributed by atoms with Crippen LogP contribution in [0.25, 0.3) is 0 Å². The normalized spacial score (nSPS) is 24.8. The lowest BCUT2D eigenvalue weighted by molar-refractivity contribution is -0.133. The lowest BCUT2D eigenvalue weighted by atomic mass is 9.78. The Labute approximate surface area is 204 Å². The van der Waals surface area contributed by atoms with Crippen LogP contribution in [0.5, 0.6) is 0 Å². The van der Waals surface area contributed by atoms with Crippen LogP contribution in [0.15, 0.2) is 18.2 Å². The third-order valence-electron chi connectivity index (χ3n) is 8.70. The number of hydrogen-bond donors (Lipinski definition) is 0. The molecule has 5 rings (SSSR count). The number of benzene rings is 1. The fraction of sp³-hybridized carbons (Fsp3) is 0.690. The van der Waals surface area contributed by atoms with Crippen molar-refractivity contribution in [1.29, 1.82) is 0 Å². The van der Waals surface area contributed by atoms with Crippen LogP contribution >= 0.6 is 0 Å². The fourth-order valence-corrected chi connectivity index (χ4v) is 6.67. The van der Waals surface area contributed by atoms with Crippen molar-refractivity contribution in [3.8, 4) is 0 Å². The van der Waals surface area contributed by atoms with E-state index in [0.717, 1.165) is 82.0 Å². The molecule has 2 aliphatic carbocycles. The van der Waals surface area contributed by atoms with Crippen LogP contribution in [0.2, 0.25) is 0 Å². The second kappa shape index (κ2) is 9.83. The standard InChI is InChI=1S/C29H40N2O3/c1-19(2)27(32)26(20-8-4-3-5-9-20)31-17-15-24-23(11-6-12-25(24)29(31)34)22-10-7-16-30(18-22)28(33)21-13-14-21/h6,11-12,19-22,26H,3-5,7-10,13-18H2,1-2H3/t22?,26-/m1/s1. The fourth-order valence-electron chi connectivity index (χ4n) is 6.67. The largest absolute Gasteiger partial charge is 0.342 e. The van der Waals surface area contributed by atoms with Crippen molar-refractivity contribution in [1.82, 2.24) is 9.80 Å². The maximum atomic E-state index is 13.8. The molecule has 2 heterocycles. The maximum absolute atomic E-state index is 13.8. The zero-order valence-electron chi connectivity index (χ0n) is 20.9. The van der Waals surface area contributed by atoms with Crippen molar-refractivity contribution in [3.05, 3.63) is 34.9 Å². The van der Waals surface area contributed by atoms with Gasteiger partial charge in [0, 0.05) is 43.0 Å². The molecule has 5 nitrogen and oxygen atoms in total. The Kier molecular flexibility index (Phi) is 6.81. The Morgan fingerprint density at radius 3 is 2.41 bits per heavy atom. The van der Waals surface area contributed by atoms with E-state index in [1.807, 2.05) is 30.9 Å². The molecule has 34 heavy (non-hydrogen) atoms. The van der Waals surface area contributed by atoms with E-state index in [0.29, 0.717) is 18.4 Å². The number of ketones is 1. The molecule has 1 saturated heterocycles. The maximum Gasteiger partial charge on any atom is 0.254 e. The van der Waals surface area contributed by atoms with Gasteiger partial charge in [0.2, 0.25) is 5.91 Å². The van der Waals surface area contributed by atoms with Crippen LogP contribution in [-0.4, -0.2) is 53.1 Å². The summed E-state index contributed by atoms with van der Waals surface area (Å²) in [6.45, 7) is 6.21. The van der Waals surface area contributed by atoms with E-state index >= 15 is 0 Å². The molecule has 2 saturated carbocycles. The smallest absolute Gasteiger partial charge is 0.254 e. The van der Waals surface area contributed by atoms with Crippen molar-refractivity contribution in [2.75, 3.05) is 19.6 Å². The minimum absolute atomic E-state index is 0.0365. The lowest BCUT2D eigenvalue weighted by Crippen LogP contribution is -2.53. The summed E-state index contributed by atoms with van der Waals surface area (Å²) in [5.41, 5.74) is 3.20. The number of nitrogens with zero attached hydrogens (tertiary/aromatic N) is 2. The SMILES string of the molecule is CC(C)C(=O)[C@@H](C1CCCCC1)N1CCc2c(cccc2C2CCCN(C(=O)C3CC3)C2)C1=O. The van der Waals surface area contributed by atoms with Gasteiger partial charge in [0.1, 0.15) is 0 Å². The summed E-state index contributed by atoms with van der Waals surface area (Å²) in [4.78, 5) is 43.9. The van der Waals surface area contributed by atoms with Crippen LogP contribution < -0.4 is 0 Å². The molecule has 2 amide bonds. The summed E-state index contributed by atoms with van der Waals surface area (Å²) in [6, 6.07) is 5.86. The Hall–Kier alpha value is -2.17. The van der Waals surface area contributed by atoms with Gasteiger partial charge in [-0.3, -0.25) is 14.4 Å². The molecule has 3 fully saturated rings. The van der Waals surface area contributed by atoms with E-state index in [4.69, 9.17) is 0 Å². The summed E-state index contributed by atoms with van der Waals surface area (Å²) >= 11 is 0. The van der Waals surface area contributed by atoms with Crippen molar-refractivity contribution >= 4 is 17.6 Å². The lowest BCUT2D eigenvalue weighted by Gasteiger charge is -2.42. The molecular weight excluding hydrogens is 424 g/mol. The van der Waals surface area contributed by atoms with Crippen LogP contribution in [0, 0.1) is 17.8 Å². The van der Waals surface area contributed by atoms with Crippen molar-refractivity contribution in [3.63, 3.8) is 0 Å². The Balaban J connectivity index is 1.39. The monoisotopic (exact) mass is 464 g/mol. The van der Waals surface area contributed by atoms with Gasteiger partial charge in [-0.15, -0.1) is 0 Å². The zero-order valence-corrected chi connectivity index (χ0v) is 20.9. The average Bonchev–Trinajstić information content (AvgIpc) is 3.71. The Morgan fingerprint density at radius 1 is 0.941 bits per heavy atom. The molecule has 0 bridgehead atoms. The first-order valence-corrected chi connectivity index (χ1v) is 13.7. The number of rotatable bonds is 6. The third-order valence-corrected chi connectivity index (χ3v) is 8.70. The van der Waals surface area contributed by atoms with E-state index in [1.165, 1.54) is 12.0 Å². The van der Waals surface area contributed by atoms with Crippen molar-refractivity contribution in [2.24, 2.45) is 17.8 Å². The summed E-state index contributed by atoms with van der Waals surface area (Å²) in [5, 5.41) is 0. The van der Waals surface area contributed by atoms with Gasteiger partial charge < -0.3 is 9.80 Å². The third kappa shape index (κ3) is 4.55. The van der Waals surface area contributed by atoms with E-state index < -0.39 is 0 Å². The molecular formula is C29H40N2O3. The number of Topliss-reactive ketones (excluding diaryl/α,β-unsaturated/α-hetero) is 1. The summed E-state index contributed by atoms with van der Waals surface area (Å²) in [6.07, 6.45) is 10.6. The topological polar surface area (TPSA) is 57.7 Å². The van der Waals surface area contributed by atoms with Crippen molar-refractivity contribution < 1.29 is 14.4 Å². The van der Waals surface area contributed by atoms with Crippen LogP contribution in [-0.2, 0) is 16.0 Å². The highest BCUT2D eigenvalue weighted by atomic mass is 16.2. The highest BCUT2D eigenvalue weighted by Crippen LogP contribution is 2.38. The predicted octanol–water partition coefficient (Wildman–Crippen LogP) is 4.97. The van der Waals surface area contributed by atoms with Gasteiger partial charge in [0.25, 0.3) is 5.91 Å². The van der Waals surface area contributed by atoms with Gasteiger partial charge in [0.15, 0.2) is 5.78 Å². The molecule has 2 atom stereocenters. The molecule has 5 heteroatoms. The van der Waals surface area contributed by atoms with E-state index in [1.54, 1.807) is 0 Å². The molecule has 1 aromatic rings. The quantitative estimate of drug-likeness (QED) is 0.597. The molecule has 2 aliphatic heterocycles. The van der Waals surface area contributed by atoms with E-state index in [9.17, 15) is 14.4 Å². The molecule has 184 valence electrons. The van der Waals surface area contributed by atoms with E-state index in [-0.39, 0.29) is 35.5 Å². The minimum Gasteiger partial charge on any atom is -0.342 e. The first-order chi connectivity index (χ1) is 16.5. The molecule has 0 spiro atoms. The Bertz CT molecular complexity index is 945. The van der Waals surface area contributed by atoms with Gasteiger partial charge in [0.05, 0.1) is 6.04 Å². The van der Waals surface area contributed by atoms with Crippen LogP contribution in [0.4, 0.5) is 0 Å². The molecule has 1 aromatic carbocycles. The average molecular weight is 465 g/mol. The van der Waals surface area contributed by atoms with Gasteiger partial charge in [-0.1, -0.05) is 45.2 Å². The summed E-state index contributed by atoms with van der Waals surface area (Å²) in [5.74, 6) is 1.38. The first-order valence-electron chi connectivity index (χ1n) is 13.7. The molecule has 0 radical (unpaired) electrons. The predicted molar refractivity (Wildman–Crippen MR) is 133 cm³/mol. The zero-order chi connectivity index (χ0) is 23.8. The van der Waals surface area contributed by atoms with Gasteiger partial charge in [-0.2, -0.15) is 0 Å². The van der Waals surface area contributed by atoms with E-state index in [2.05, 4.69) is 11.0 Å². The van der Waals surface area contributed by atoms with Gasteiger partial charge >= 0.3 is 0 Å². The number of amides is 2.